The third-order valence-electron chi connectivity index (χ3n) is 9.39. The minimum atomic E-state index is -2.45. The summed E-state index contributed by atoms with van der Waals surface area (Å²) in [6, 6.07) is 9.17. The Morgan fingerprint density at radius 1 is 0.683 bits per heavy atom. The molecule has 6 heterocycles. The predicted molar refractivity (Wildman–Crippen MR) is 244 cm³/mol. The Kier molecular flexibility index (Phi) is 16.0. The van der Waals surface area contributed by atoms with E-state index in [1.54, 1.807) is 23.5 Å². The van der Waals surface area contributed by atoms with Crippen molar-refractivity contribution in [1.82, 2.24) is 49.7 Å². The molecule has 0 radical (unpaired) electrons. The first kappa shape index (κ1) is 46.7. The maximum Gasteiger partial charge on any atom is 0.231 e. The van der Waals surface area contributed by atoms with Gasteiger partial charge in [-0.3, -0.25) is 0 Å². The molecule has 0 aliphatic carbocycles. The molecule has 0 saturated carbocycles. The van der Waals surface area contributed by atoms with E-state index in [1.165, 1.54) is 21.1 Å². The number of halogens is 2. The van der Waals surface area contributed by atoms with Gasteiger partial charge in [-0.25, -0.2) is 15.0 Å². The fraction of sp³-hybridized carbons (Fsp3) is 0.436. The number of aromatic nitrogens is 8. The zero-order valence-electron chi connectivity index (χ0n) is 34.7. The van der Waals surface area contributed by atoms with E-state index in [-0.39, 0.29) is 37.6 Å². The standard InChI is InChI=1S/C18H21IN6O2S.C18H21N6O2S.3CH3.HI.Sn/c1-10(2)21-4-3-5-25-17-15(16(20)22-8-23-17)24-18(25)28-14-7-13-12(6-11(14)19)26-9-27-13;1-11(2)20-6-3-7-24-17-15(16(19)21-9-22-17)23-18(24)27-12-4-5-13-14(8-12)26-10-25-13;;;;;/h6-8,10,21H,3-5,9H2,1-2H3,(H2,20,22,23);5,8-9,11,20H,3,6-7,10H2,1-2H3,(H2,19,21,22);3*1H3;1H;/p-1/i19+4;;;;;;. The third kappa shape index (κ3) is 11.0. The average Bonchev–Trinajstić information content (AvgIpc) is 3.98. The van der Waals surface area contributed by atoms with E-state index in [4.69, 9.17) is 40.4 Å². The summed E-state index contributed by atoms with van der Waals surface area (Å²) in [7, 11) is 0. The largest absolute Gasteiger partial charge is 1.00 e. The zero-order chi connectivity index (χ0) is 41.8. The summed E-state index contributed by atoms with van der Waals surface area (Å²) in [5, 5.41) is 8.63. The second-order valence-electron chi connectivity index (χ2n) is 15.7. The van der Waals surface area contributed by atoms with Gasteiger partial charge in [0.2, 0.25) is 6.79 Å². The number of imidazole rings is 2. The van der Waals surface area contributed by atoms with E-state index in [0.717, 1.165) is 92.1 Å². The van der Waals surface area contributed by atoms with Crippen LogP contribution < -0.4 is 68.6 Å². The summed E-state index contributed by atoms with van der Waals surface area (Å²) < 4.78 is 29.0. The molecular formula is C39H51I2N12O4S2Sn-. The third-order valence-corrected chi connectivity index (χ3v) is 19.1. The molecular weight excluding hydrogens is 1140 g/mol. The number of nitrogens with one attached hydrogen (secondary N) is 2. The van der Waals surface area contributed by atoms with Crippen LogP contribution in [0.1, 0.15) is 40.5 Å². The summed E-state index contributed by atoms with van der Waals surface area (Å²) in [5.74, 6) is 3.97. The Morgan fingerprint density at radius 2 is 1.12 bits per heavy atom. The first-order valence-electron chi connectivity index (χ1n) is 19.6. The molecule has 8 rings (SSSR count). The minimum absolute atomic E-state index is 0. The number of fused-ring (bicyclic) bond motifs is 4. The van der Waals surface area contributed by atoms with E-state index in [1.807, 2.05) is 12.1 Å². The van der Waals surface area contributed by atoms with Crippen LogP contribution in [0.2, 0.25) is 14.8 Å². The van der Waals surface area contributed by atoms with Crippen LogP contribution in [0.25, 0.3) is 22.3 Å². The first-order valence-corrected chi connectivity index (χ1v) is 32.3. The number of hydrogen-bond acceptors (Lipinski definition) is 16. The Bertz CT molecular complexity index is 2450. The number of anilines is 2. The molecule has 6 aromatic rings. The van der Waals surface area contributed by atoms with Gasteiger partial charge in [-0.15, -0.1) is 0 Å². The van der Waals surface area contributed by atoms with Crippen molar-refractivity contribution in [2.24, 2.45) is 0 Å². The molecule has 2 aromatic carbocycles. The summed E-state index contributed by atoms with van der Waals surface area (Å²) in [6.07, 6.45) is 4.92. The smallest absolute Gasteiger partial charge is 0.231 e. The van der Waals surface area contributed by atoms with E-state index in [2.05, 4.69) is 117 Å². The van der Waals surface area contributed by atoms with Crippen molar-refractivity contribution in [2.75, 3.05) is 38.1 Å². The normalized spacial score (nSPS) is 13.0. The van der Waals surface area contributed by atoms with Gasteiger partial charge in [0.1, 0.15) is 6.33 Å². The summed E-state index contributed by atoms with van der Waals surface area (Å²) in [6.45, 7) is 12.6. The topological polar surface area (TPSA) is 200 Å². The summed E-state index contributed by atoms with van der Waals surface area (Å²) >= 11 is 3.08. The van der Waals surface area contributed by atoms with E-state index < -0.39 is 18.4 Å². The van der Waals surface area contributed by atoms with Gasteiger partial charge in [-0.05, 0) is 47.7 Å². The SMILES string of the molecule is CC(C)NCCCn1c(Sc2cc3c(c[c]2[Sn]([CH3])([CH3])[CH3])OCO3)nc2c(N)ncnc21.CC(C)NCCCn1c(Sc2cc3c(cc2[131I])OCO3)nc2c(N)ncnc21.[I-]. The van der Waals surface area contributed by atoms with Crippen molar-refractivity contribution in [3.05, 3.63) is 40.5 Å². The van der Waals surface area contributed by atoms with E-state index in [9.17, 15) is 0 Å². The molecule has 0 amide bonds. The number of aryl methyl sites for hydroxylation is 2. The number of benzene rings is 2. The molecule has 21 heteroatoms. The second-order valence-corrected chi connectivity index (χ2v) is 33.2. The van der Waals surface area contributed by atoms with Crippen molar-refractivity contribution in [1.29, 1.82) is 0 Å². The van der Waals surface area contributed by atoms with Crippen LogP contribution in [0.5, 0.6) is 23.0 Å². The Morgan fingerprint density at radius 3 is 1.58 bits per heavy atom. The number of nitrogen functional groups attached to an aromatic ring is 2. The van der Waals surface area contributed by atoms with Crippen LogP contribution in [0.4, 0.5) is 11.6 Å². The van der Waals surface area contributed by atoms with Gasteiger partial charge in [-0.1, -0.05) is 25.6 Å². The van der Waals surface area contributed by atoms with Crippen LogP contribution in [0.3, 0.4) is 0 Å². The Labute approximate surface area is 393 Å². The van der Waals surface area contributed by atoms with Crippen LogP contribution in [0, 0.1) is 3.57 Å². The van der Waals surface area contributed by atoms with Crippen LogP contribution in [-0.4, -0.2) is 96.2 Å². The van der Waals surface area contributed by atoms with Gasteiger partial charge in [0, 0.05) is 21.1 Å². The maximum atomic E-state index is 6.12. The summed E-state index contributed by atoms with van der Waals surface area (Å²) in [5.41, 5.74) is 15.0. The molecule has 4 aromatic heterocycles. The molecule has 0 fully saturated rings. The van der Waals surface area contributed by atoms with Gasteiger partial charge < -0.3 is 49.1 Å². The van der Waals surface area contributed by atoms with Crippen molar-refractivity contribution in [2.45, 2.75) is 101 Å². The molecule has 0 unspecified atom stereocenters. The minimum Gasteiger partial charge on any atom is -1.00 e. The summed E-state index contributed by atoms with van der Waals surface area (Å²) in [4.78, 5) is 36.2. The van der Waals surface area contributed by atoms with Gasteiger partial charge in [0.15, 0.2) is 33.6 Å². The van der Waals surface area contributed by atoms with E-state index >= 15 is 0 Å². The average molecular weight is 1190 g/mol. The number of hydrogen-bond donors (Lipinski definition) is 4. The molecule has 322 valence electrons. The van der Waals surface area contributed by atoms with Crippen molar-refractivity contribution in [3.8, 4) is 23.0 Å². The molecule has 0 spiro atoms. The maximum absolute atomic E-state index is 6.12. The van der Waals surface area contributed by atoms with Crippen LogP contribution >= 0.6 is 46.1 Å². The van der Waals surface area contributed by atoms with Gasteiger partial charge in [-0.2, -0.15) is 0 Å². The predicted octanol–water partition coefficient (Wildman–Crippen LogP) is 3.51. The van der Waals surface area contributed by atoms with Crippen molar-refractivity contribution in [3.63, 3.8) is 0 Å². The number of rotatable bonds is 15. The number of ether oxygens (including phenoxy) is 4. The number of nitrogens with two attached hydrogens (primary N) is 2. The van der Waals surface area contributed by atoms with Crippen molar-refractivity contribution >= 4 is 102 Å². The fourth-order valence-corrected chi connectivity index (χ4v) is 15.5. The first-order chi connectivity index (χ1) is 28.3. The molecule has 0 saturated heterocycles. The quantitative estimate of drug-likeness (QED) is 0.0661. The van der Waals surface area contributed by atoms with Crippen LogP contribution in [0.15, 0.2) is 57.0 Å². The van der Waals surface area contributed by atoms with Gasteiger partial charge in [0.25, 0.3) is 0 Å². The van der Waals surface area contributed by atoms with E-state index in [0.29, 0.717) is 34.8 Å². The second kappa shape index (κ2) is 20.6. The fourth-order valence-electron chi connectivity index (χ4n) is 6.45. The Hall–Kier alpha value is -2.78. The number of nitrogens with zero attached hydrogens (tertiary/aromatic N) is 8. The molecule has 0 atom stereocenters. The monoisotopic (exact) mass is 1190 g/mol. The molecule has 6 N–H and O–H groups in total. The van der Waals surface area contributed by atoms with Gasteiger partial charge >= 0.3 is 192 Å². The molecule has 0 bridgehead atoms. The molecule has 16 nitrogen and oxygen atoms in total. The Balaban J connectivity index is 0.000000199. The zero-order valence-corrected chi connectivity index (χ0v) is 43.5. The van der Waals surface area contributed by atoms with Crippen LogP contribution in [-0.2, 0) is 13.1 Å². The molecule has 60 heavy (non-hydrogen) atoms. The molecule has 2 aliphatic rings. The van der Waals surface area contributed by atoms with Gasteiger partial charge in [0.05, 0.1) is 0 Å². The van der Waals surface area contributed by atoms with Crippen molar-refractivity contribution < 1.29 is 42.9 Å². The molecule has 2 aliphatic heterocycles.